The number of carbonyl (C=O) groups is 2. The molecule has 0 fully saturated rings. The molecule has 0 unspecified atom stereocenters. The summed E-state index contributed by atoms with van der Waals surface area (Å²) in [7, 11) is 1.30. The average molecular weight is 422 g/mol. The van der Waals surface area contributed by atoms with Crippen LogP contribution in [0.3, 0.4) is 0 Å². The molecule has 2 heterocycles. The molecule has 0 atom stereocenters. The Morgan fingerprint density at radius 2 is 1.93 bits per heavy atom. The lowest BCUT2D eigenvalue weighted by Crippen LogP contribution is -2.15. The molecule has 0 spiro atoms. The van der Waals surface area contributed by atoms with E-state index in [1.54, 1.807) is 38.1 Å². The number of esters is 2. The fraction of sp³-hybridized carbons (Fsp3) is 0.263. The SMILES string of the molecule is CCOC(=O)Cn1nc(C)c2c(C(=O)OC)cc(-c3ccc(Cl)c(Cl)c3)nc21. The summed E-state index contributed by atoms with van der Waals surface area (Å²) in [5, 5.41) is 5.63. The molecular weight excluding hydrogens is 405 g/mol. The lowest BCUT2D eigenvalue weighted by molar-refractivity contribution is -0.143. The van der Waals surface area contributed by atoms with Gasteiger partial charge in [0.25, 0.3) is 0 Å². The number of halogens is 2. The van der Waals surface area contributed by atoms with Crippen LogP contribution >= 0.6 is 23.2 Å². The summed E-state index contributed by atoms with van der Waals surface area (Å²) in [6.45, 7) is 3.58. The second-order valence-electron chi connectivity index (χ2n) is 5.92. The van der Waals surface area contributed by atoms with Crippen molar-refractivity contribution in [3.05, 3.63) is 45.6 Å². The van der Waals surface area contributed by atoms with Crippen LogP contribution < -0.4 is 0 Å². The van der Waals surface area contributed by atoms with Crippen LogP contribution in [0.2, 0.25) is 10.0 Å². The van der Waals surface area contributed by atoms with Gasteiger partial charge in [0.15, 0.2) is 5.65 Å². The first-order chi connectivity index (χ1) is 13.3. The molecular formula is C19H17Cl2N3O4. The standard InChI is InChI=1S/C19H17Cl2N3O4/c1-4-28-16(25)9-24-18-17(10(2)23-24)12(19(26)27-3)8-15(22-18)11-5-6-13(20)14(21)7-11/h5-8H,4,9H2,1-3H3. The molecule has 146 valence electrons. The summed E-state index contributed by atoms with van der Waals surface area (Å²) in [5.74, 6) is -0.985. The van der Waals surface area contributed by atoms with Gasteiger partial charge >= 0.3 is 11.9 Å². The number of hydrogen-bond acceptors (Lipinski definition) is 6. The maximum atomic E-state index is 12.4. The highest BCUT2D eigenvalue weighted by Crippen LogP contribution is 2.31. The number of fused-ring (bicyclic) bond motifs is 1. The Balaban J connectivity index is 2.24. The van der Waals surface area contributed by atoms with Gasteiger partial charge < -0.3 is 9.47 Å². The molecule has 28 heavy (non-hydrogen) atoms. The molecule has 7 nitrogen and oxygen atoms in total. The molecule has 1 aromatic carbocycles. The quantitative estimate of drug-likeness (QED) is 0.577. The van der Waals surface area contributed by atoms with Crippen LogP contribution in [-0.2, 0) is 20.8 Å². The molecule has 3 aromatic rings. The van der Waals surface area contributed by atoms with E-state index in [0.29, 0.717) is 43.6 Å². The lowest BCUT2D eigenvalue weighted by Gasteiger charge is -2.09. The van der Waals surface area contributed by atoms with E-state index in [4.69, 9.17) is 32.7 Å². The van der Waals surface area contributed by atoms with Crippen LogP contribution in [0, 0.1) is 6.92 Å². The summed E-state index contributed by atoms with van der Waals surface area (Å²) < 4.78 is 11.3. The highest BCUT2D eigenvalue weighted by molar-refractivity contribution is 6.42. The van der Waals surface area contributed by atoms with Crippen molar-refractivity contribution in [3.63, 3.8) is 0 Å². The number of aryl methyl sites for hydroxylation is 1. The molecule has 0 radical (unpaired) electrons. The van der Waals surface area contributed by atoms with Gasteiger partial charge in [-0.2, -0.15) is 5.10 Å². The number of ether oxygens (including phenoxy) is 2. The predicted octanol–water partition coefficient (Wildman–Crippen LogP) is 4.06. The second-order valence-corrected chi connectivity index (χ2v) is 6.74. The third kappa shape index (κ3) is 3.81. The zero-order chi connectivity index (χ0) is 20.4. The molecule has 0 aliphatic carbocycles. The Bertz CT molecular complexity index is 1080. The van der Waals surface area contributed by atoms with Crippen molar-refractivity contribution in [2.24, 2.45) is 0 Å². The predicted molar refractivity (Wildman–Crippen MR) is 106 cm³/mol. The zero-order valence-corrected chi connectivity index (χ0v) is 17.0. The Labute approximate surface area is 171 Å². The molecule has 0 saturated carbocycles. The van der Waals surface area contributed by atoms with E-state index in [-0.39, 0.29) is 13.2 Å². The smallest absolute Gasteiger partial charge is 0.338 e. The molecule has 0 aliphatic heterocycles. The Morgan fingerprint density at radius 3 is 2.57 bits per heavy atom. The van der Waals surface area contributed by atoms with Crippen molar-refractivity contribution in [3.8, 4) is 11.3 Å². The van der Waals surface area contributed by atoms with Crippen LogP contribution in [-0.4, -0.2) is 40.4 Å². The van der Waals surface area contributed by atoms with Crippen LogP contribution in [0.5, 0.6) is 0 Å². The fourth-order valence-electron chi connectivity index (χ4n) is 2.87. The molecule has 3 rings (SSSR count). The number of rotatable bonds is 5. The number of carbonyl (C=O) groups excluding carboxylic acids is 2. The van der Waals surface area contributed by atoms with Crippen LogP contribution in [0.15, 0.2) is 24.3 Å². The largest absolute Gasteiger partial charge is 0.465 e. The first-order valence-corrected chi connectivity index (χ1v) is 9.18. The van der Waals surface area contributed by atoms with E-state index >= 15 is 0 Å². The van der Waals surface area contributed by atoms with Crippen molar-refractivity contribution in [1.82, 2.24) is 14.8 Å². The summed E-state index contributed by atoms with van der Waals surface area (Å²) in [5.41, 5.74) is 2.34. The van der Waals surface area contributed by atoms with Crippen molar-refractivity contribution in [2.75, 3.05) is 13.7 Å². The molecule has 0 aliphatic rings. The third-order valence-electron chi connectivity index (χ3n) is 4.08. The summed E-state index contributed by atoms with van der Waals surface area (Å²) in [6, 6.07) is 6.64. The Kier molecular flexibility index (Phi) is 5.86. The summed E-state index contributed by atoms with van der Waals surface area (Å²) >= 11 is 12.1. The fourth-order valence-corrected chi connectivity index (χ4v) is 3.17. The van der Waals surface area contributed by atoms with Gasteiger partial charge in [0.1, 0.15) is 6.54 Å². The van der Waals surface area contributed by atoms with Gasteiger partial charge in [-0.25, -0.2) is 14.5 Å². The molecule has 2 aromatic heterocycles. The van der Waals surface area contributed by atoms with Crippen LogP contribution in [0.1, 0.15) is 23.0 Å². The summed E-state index contributed by atoms with van der Waals surface area (Å²) in [4.78, 5) is 28.9. The first kappa shape index (κ1) is 20.1. The van der Waals surface area contributed by atoms with Crippen LogP contribution in [0.25, 0.3) is 22.3 Å². The first-order valence-electron chi connectivity index (χ1n) is 8.43. The number of nitrogens with zero attached hydrogens (tertiary/aromatic N) is 3. The van der Waals surface area contributed by atoms with E-state index < -0.39 is 11.9 Å². The highest BCUT2D eigenvalue weighted by atomic mass is 35.5. The Morgan fingerprint density at radius 1 is 1.18 bits per heavy atom. The minimum Gasteiger partial charge on any atom is -0.465 e. The van der Waals surface area contributed by atoms with E-state index in [2.05, 4.69) is 10.1 Å². The molecule has 0 amide bonds. The van der Waals surface area contributed by atoms with Gasteiger partial charge in [0, 0.05) is 5.56 Å². The number of aromatic nitrogens is 3. The van der Waals surface area contributed by atoms with Gasteiger partial charge in [-0.1, -0.05) is 29.3 Å². The summed E-state index contributed by atoms with van der Waals surface area (Å²) in [6.07, 6.45) is 0. The van der Waals surface area contributed by atoms with Gasteiger partial charge in [0.05, 0.1) is 46.1 Å². The van der Waals surface area contributed by atoms with Gasteiger partial charge in [-0.05, 0) is 32.0 Å². The maximum Gasteiger partial charge on any atom is 0.338 e. The van der Waals surface area contributed by atoms with Crippen molar-refractivity contribution < 1.29 is 19.1 Å². The molecule has 0 N–H and O–H groups in total. The number of pyridine rings is 1. The van der Waals surface area contributed by atoms with Gasteiger partial charge in [0.2, 0.25) is 0 Å². The van der Waals surface area contributed by atoms with Crippen LogP contribution in [0.4, 0.5) is 0 Å². The molecule has 0 saturated heterocycles. The third-order valence-corrected chi connectivity index (χ3v) is 4.82. The van der Waals surface area contributed by atoms with E-state index in [1.807, 2.05) is 0 Å². The van der Waals surface area contributed by atoms with E-state index in [9.17, 15) is 9.59 Å². The van der Waals surface area contributed by atoms with Crippen molar-refractivity contribution in [1.29, 1.82) is 0 Å². The normalized spacial score (nSPS) is 10.9. The zero-order valence-electron chi connectivity index (χ0n) is 15.5. The average Bonchev–Trinajstić information content (AvgIpc) is 2.98. The monoisotopic (exact) mass is 421 g/mol. The van der Waals surface area contributed by atoms with Crippen molar-refractivity contribution >= 4 is 46.2 Å². The molecule has 9 heteroatoms. The maximum absolute atomic E-state index is 12.4. The number of hydrogen-bond donors (Lipinski definition) is 0. The Hall–Kier alpha value is -2.64. The van der Waals surface area contributed by atoms with E-state index in [0.717, 1.165) is 0 Å². The minimum absolute atomic E-state index is 0.128. The molecule has 0 bridgehead atoms. The van der Waals surface area contributed by atoms with Gasteiger partial charge in [-0.3, -0.25) is 4.79 Å². The number of benzene rings is 1. The topological polar surface area (TPSA) is 83.3 Å². The van der Waals surface area contributed by atoms with Crippen molar-refractivity contribution in [2.45, 2.75) is 20.4 Å². The number of methoxy groups -OCH3 is 1. The van der Waals surface area contributed by atoms with Gasteiger partial charge in [-0.15, -0.1) is 0 Å². The highest BCUT2D eigenvalue weighted by Gasteiger charge is 2.22. The lowest BCUT2D eigenvalue weighted by atomic mass is 10.1. The van der Waals surface area contributed by atoms with E-state index in [1.165, 1.54) is 11.8 Å². The minimum atomic E-state index is -0.535. The second kappa shape index (κ2) is 8.16.